The topological polar surface area (TPSA) is 25.2 Å². The Balaban J connectivity index is 1.55. The van der Waals surface area contributed by atoms with Crippen molar-refractivity contribution in [2.45, 2.75) is 31.8 Å². The molecular formula is C15H17NO. The van der Waals surface area contributed by atoms with E-state index in [0.717, 1.165) is 12.3 Å². The average molecular weight is 227 g/mol. The molecule has 0 bridgehead atoms. The summed E-state index contributed by atoms with van der Waals surface area (Å²) < 4.78 is 5.42. The van der Waals surface area contributed by atoms with Gasteiger partial charge in [-0.25, -0.2) is 0 Å². The number of benzene rings is 1. The van der Waals surface area contributed by atoms with E-state index in [2.05, 4.69) is 42.6 Å². The predicted octanol–water partition coefficient (Wildman–Crippen LogP) is 3.23. The summed E-state index contributed by atoms with van der Waals surface area (Å²) >= 11 is 0. The van der Waals surface area contributed by atoms with Gasteiger partial charge in [-0.05, 0) is 30.5 Å². The molecule has 2 unspecified atom stereocenters. The molecule has 2 atom stereocenters. The normalized spacial score (nSPS) is 22.6. The van der Waals surface area contributed by atoms with E-state index in [4.69, 9.17) is 4.42 Å². The molecule has 2 aromatic rings. The minimum absolute atomic E-state index is 0.613. The fourth-order valence-electron chi connectivity index (χ4n) is 2.30. The molecule has 17 heavy (non-hydrogen) atoms. The van der Waals surface area contributed by atoms with Crippen molar-refractivity contribution in [3.8, 4) is 0 Å². The van der Waals surface area contributed by atoms with Gasteiger partial charge in [0.15, 0.2) is 0 Å². The zero-order valence-corrected chi connectivity index (χ0v) is 10.0. The van der Waals surface area contributed by atoms with E-state index in [9.17, 15) is 0 Å². The van der Waals surface area contributed by atoms with Crippen LogP contribution in [0.3, 0.4) is 0 Å². The number of nitrogens with one attached hydrogen (secondary N) is 1. The second kappa shape index (κ2) is 4.38. The maximum atomic E-state index is 5.42. The van der Waals surface area contributed by atoms with Crippen LogP contribution in [0.15, 0.2) is 47.1 Å². The Morgan fingerprint density at radius 2 is 2.06 bits per heavy atom. The van der Waals surface area contributed by atoms with Crippen molar-refractivity contribution in [2.24, 2.45) is 0 Å². The van der Waals surface area contributed by atoms with Crippen LogP contribution in [0.25, 0.3) is 0 Å². The minimum Gasteiger partial charge on any atom is -0.468 e. The van der Waals surface area contributed by atoms with E-state index in [0.29, 0.717) is 12.0 Å². The van der Waals surface area contributed by atoms with Gasteiger partial charge in [-0.2, -0.15) is 0 Å². The summed E-state index contributed by atoms with van der Waals surface area (Å²) in [7, 11) is 0. The molecule has 1 aliphatic carbocycles. The highest BCUT2D eigenvalue weighted by atomic mass is 16.3. The molecule has 1 aromatic heterocycles. The highest BCUT2D eigenvalue weighted by Gasteiger charge is 2.37. The standard InChI is InChI=1S/C15H17NO/c1-11-7-8-17-15(11)10-16-14-9-13(14)12-5-3-2-4-6-12/h2-8,13-14,16H,9-10H2,1H3. The van der Waals surface area contributed by atoms with Gasteiger partial charge >= 0.3 is 0 Å². The van der Waals surface area contributed by atoms with Crippen molar-refractivity contribution in [3.63, 3.8) is 0 Å². The van der Waals surface area contributed by atoms with Gasteiger partial charge in [0.05, 0.1) is 12.8 Å². The number of aryl methyl sites for hydroxylation is 1. The van der Waals surface area contributed by atoms with Gasteiger partial charge < -0.3 is 9.73 Å². The first-order valence-corrected chi connectivity index (χ1v) is 6.16. The van der Waals surface area contributed by atoms with Crippen LogP contribution in [0, 0.1) is 6.92 Å². The van der Waals surface area contributed by atoms with E-state index in [-0.39, 0.29) is 0 Å². The third-order valence-electron chi connectivity index (χ3n) is 3.51. The molecule has 0 radical (unpaired) electrons. The lowest BCUT2D eigenvalue weighted by molar-refractivity contribution is 0.478. The van der Waals surface area contributed by atoms with E-state index < -0.39 is 0 Å². The zero-order valence-electron chi connectivity index (χ0n) is 10.0. The maximum Gasteiger partial charge on any atom is 0.120 e. The summed E-state index contributed by atoms with van der Waals surface area (Å²) in [5.74, 6) is 1.75. The fraction of sp³-hybridized carbons (Fsp3) is 0.333. The summed E-state index contributed by atoms with van der Waals surface area (Å²) in [6.45, 7) is 2.93. The van der Waals surface area contributed by atoms with Crippen molar-refractivity contribution in [1.29, 1.82) is 0 Å². The predicted molar refractivity (Wildman–Crippen MR) is 67.9 cm³/mol. The number of furan rings is 1. The SMILES string of the molecule is Cc1ccoc1CNC1CC1c1ccccc1. The number of hydrogen-bond acceptors (Lipinski definition) is 2. The summed E-state index contributed by atoms with van der Waals surface area (Å²) in [5, 5.41) is 3.55. The van der Waals surface area contributed by atoms with E-state index >= 15 is 0 Å². The van der Waals surface area contributed by atoms with Crippen LogP contribution in [0.5, 0.6) is 0 Å². The summed E-state index contributed by atoms with van der Waals surface area (Å²) in [6, 6.07) is 13.3. The fourth-order valence-corrected chi connectivity index (χ4v) is 2.30. The second-order valence-corrected chi connectivity index (χ2v) is 4.77. The van der Waals surface area contributed by atoms with Crippen molar-refractivity contribution >= 4 is 0 Å². The summed E-state index contributed by atoms with van der Waals surface area (Å²) in [6.07, 6.45) is 3.00. The van der Waals surface area contributed by atoms with Gasteiger partial charge in [0.1, 0.15) is 5.76 Å². The molecular weight excluding hydrogens is 210 g/mol. The Labute approximate surface area is 102 Å². The Kier molecular flexibility index (Phi) is 2.73. The van der Waals surface area contributed by atoms with Crippen molar-refractivity contribution in [3.05, 3.63) is 59.5 Å². The smallest absolute Gasteiger partial charge is 0.120 e. The molecule has 88 valence electrons. The summed E-state index contributed by atoms with van der Waals surface area (Å²) in [4.78, 5) is 0. The average Bonchev–Trinajstić information content (AvgIpc) is 3.04. The minimum atomic E-state index is 0.613. The van der Waals surface area contributed by atoms with Crippen LogP contribution in [0.4, 0.5) is 0 Å². The first-order chi connectivity index (χ1) is 8.34. The van der Waals surface area contributed by atoms with Crippen LogP contribution < -0.4 is 5.32 Å². The first kappa shape index (κ1) is 10.6. The molecule has 3 rings (SSSR count). The van der Waals surface area contributed by atoms with Crippen LogP contribution in [-0.2, 0) is 6.54 Å². The molecule has 2 heteroatoms. The second-order valence-electron chi connectivity index (χ2n) is 4.77. The van der Waals surface area contributed by atoms with Gasteiger partial charge in [-0.1, -0.05) is 30.3 Å². The molecule has 0 aliphatic heterocycles. The molecule has 1 heterocycles. The zero-order chi connectivity index (χ0) is 11.7. The van der Waals surface area contributed by atoms with Crippen LogP contribution >= 0.6 is 0 Å². The number of rotatable bonds is 4. The molecule has 0 spiro atoms. The van der Waals surface area contributed by atoms with Crippen molar-refractivity contribution < 1.29 is 4.42 Å². The molecule has 1 N–H and O–H groups in total. The molecule has 1 saturated carbocycles. The molecule has 1 aromatic carbocycles. The summed E-state index contributed by atoms with van der Waals surface area (Å²) in [5.41, 5.74) is 2.68. The van der Waals surface area contributed by atoms with E-state index in [1.807, 2.05) is 6.07 Å². The lowest BCUT2D eigenvalue weighted by atomic mass is 10.1. The third-order valence-corrected chi connectivity index (χ3v) is 3.51. The van der Waals surface area contributed by atoms with Crippen molar-refractivity contribution in [2.75, 3.05) is 0 Å². The Hall–Kier alpha value is -1.54. The Bertz CT molecular complexity index is 489. The van der Waals surface area contributed by atoms with Crippen molar-refractivity contribution in [1.82, 2.24) is 5.32 Å². The monoisotopic (exact) mass is 227 g/mol. The van der Waals surface area contributed by atoms with E-state index in [1.54, 1.807) is 6.26 Å². The molecule has 2 nitrogen and oxygen atoms in total. The largest absolute Gasteiger partial charge is 0.468 e. The molecule has 1 fully saturated rings. The first-order valence-electron chi connectivity index (χ1n) is 6.16. The Morgan fingerprint density at radius 1 is 1.24 bits per heavy atom. The lowest BCUT2D eigenvalue weighted by Gasteiger charge is -2.03. The van der Waals surface area contributed by atoms with Crippen LogP contribution in [0.2, 0.25) is 0 Å². The number of hydrogen-bond donors (Lipinski definition) is 1. The lowest BCUT2D eigenvalue weighted by Crippen LogP contribution is -2.17. The van der Waals surface area contributed by atoms with Gasteiger partial charge in [0, 0.05) is 12.0 Å². The van der Waals surface area contributed by atoms with Crippen LogP contribution in [-0.4, -0.2) is 6.04 Å². The Morgan fingerprint density at radius 3 is 2.76 bits per heavy atom. The molecule has 0 amide bonds. The van der Waals surface area contributed by atoms with Crippen LogP contribution in [0.1, 0.15) is 29.2 Å². The van der Waals surface area contributed by atoms with Gasteiger partial charge in [0.2, 0.25) is 0 Å². The quantitative estimate of drug-likeness (QED) is 0.867. The maximum absolute atomic E-state index is 5.42. The van der Waals surface area contributed by atoms with Gasteiger partial charge in [-0.15, -0.1) is 0 Å². The highest BCUT2D eigenvalue weighted by Crippen LogP contribution is 2.40. The highest BCUT2D eigenvalue weighted by molar-refractivity contribution is 5.27. The van der Waals surface area contributed by atoms with Gasteiger partial charge in [0.25, 0.3) is 0 Å². The molecule has 1 aliphatic rings. The molecule has 0 saturated heterocycles. The third kappa shape index (κ3) is 2.27. The van der Waals surface area contributed by atoms with Gasteiger partial charge in [-0.3, -0.25) is 0 Å². The van der Waals surface area contributed by atoms with E-state index in [1.165, 1.54) is 17.5 Å².